The maximum atomic E-state index is 13.0. The van der Waals surface area contributed by atoms with Crippen molar-refractivity contribution >= 4 is 36.9 Å². The fourth-order valence-corrected chi connectivity index (χ4v) is 5.15. The van der Waals surface area contributed by atoms with Gasteiger partial charge in [0, 0.05) is 35.1 Å². The van der Waals surface area contributed by atoms with Crippen LogP contribution in [0.25, 0.3) is 10.9 Å². The van der Waals surface area contributed by atoms with Gasteiger partial charge in [0.05, 0.1) is 17.5 Å². The Morgan fingerprint density at radius 1 is 1.16 bits per heavy atom. The molecule has 4 rings (SSSR count). The molecule has 130 valence electrons. The third-order valence-corrected chi connectivity index (χ3v) is 7.14. The molecule has 0 radical (unpaired) electrons. The topological polar surface area (TPSA) is 62.4 Å². The number of fused-ring (bicyclic) bond motifs is 3. The fourth-order valence-electron chi connectivity index (χ4n) is 3.28. The van der Waals surface area contributed by atoms with Crippen LogP contribution in [0.4, 0.5) is 0 Å². The normalized spacial score (nSPS) is 15.3. The van der Waals surface area contributed by atoms with Crippen molar-refractivity contribution in [1.82, 2.24) is 9.29 Å². The quantitative estimate of drug-likeness (QED) is 0.702. The van der Waals surface area contributed by atoms with Crippen LogP contribution < -0.4 is 4.74 Å². The number of hydrogen-bond acceptors (Lipinski definition) is 3. The van der Waals surface area contributed by atoms with E-state index < -0.39 is 10.0 Å². The van der Waals surface area contributed by atoms with Crippen molar-refractivity contribution < 1.29 is 13.2 Å². The van der Waals surface area contributed by atoms with Gasteiger partial charge in [0.1, 0.15) is 5.75 Å². The van der Waals surface area contributed by atoms with Crippen LogP contribution in [-0.4, -0.2) is 31.4 Å². The Morgan fingerprint density at radius 3 is 2.64 bits per heavy atom. The highest BCUT2D eigenvalue weighted by atomic mass is 79.9. The summed E-state index contributed by atoms with van der Waals surface area (Å²) in [6, 6.07) is 12.5. The average molecular weight is 421 g/mol. The number of methoxy groups -OCH3 is 1. The fraction of sp³-hybridized carbons (Fsp3) is 0.222. The van der Waals surface area contributed by atoms with Crippen LogP contribution in [0.15, 0.2) is 51.8 Å². The maximum absolute atomic E-state index is 13.0. The van der Waals surface area contributed by atoms with E-state index >= 15 is 0 Å². The number of hydrogen-bond donors (Lipinski definition) is 1. The number of benzene rings is 2. The molecule has 1 aromatic heterocycles. The van der Waals surface area contributed by atoms with Gasteiger partial charge in [0.15, 0.2) is 0 Å². The number of nitrogens with zero attached hydrogens (tertiary/aromatic N) is 1. The Hall–Kier alpha value is -1.83. The number of para-hydroxylation sites is 1. The molecule has 0 saturated heterocycles. The largest absolute Gasteiger partial charge is 0.497 e. The number of halogens is 1. The van der Waals surface area contributed by atoms with Crippen LogP contribution in [0.3, 0.4) is 0 Å². The second kappa shape index (κ2) is 6.16. The molecule has 0 spiro atoms. The van der Waals surface area contributed by atoms with E-state index in [0.717, 1.165) is 26.6 Å². The highest BCUT2D eigenvalue weighted by Crippen LogP contribution is 2.33. The smallest absolute Gasteiger partial charge is 0.243 e. The van der Waals surface area contributed by atoms with Crippen LogP contribution in [0.1, 0.15) is 11.3 Å². The molecule has 5 nitrogen and oxygen atoms in total. The molecule has 1 aliphatic rings. The minimum absolute atomic E-state index is 0.290. The Labute approximate surface area is 154 Å². The summed E-state index contributed by atoms with van der Waals surface area (Å²) in [6.07, 6.45) is 0.672. The summed E-state index contributed by atoms with van der Waals surface area (Å²) >= 11 is 3.55. The van der Waals surface area contributed by atoms with Gasteiger partial charge in [0.25, 0.3) is 0 Å². The first-order chi connectivity index (χ1) is 12.0. The van der Waals surface area contributed by atoms with E-state index in [0.29, 0.717) is 25.3 Å². The molecule has 2 aromatic carbocycles. The predicted molar refractivity (Wildman–Crippen MR) is 100 cm³/mol. The number of rotatable bonds is 3. The lowest BCUT2D eigenvalue weighted by molar-refractivity contribution is 0.391. The van der Waals surface area contributed by atoms with Crippen molar-refractivity contribution in [3.8, 4) is 5.75 Å². The van der Waals surface area contributed by atoms with Crippen LogP contribution >= 0.6 is 15.9 Å². The van der Waals surface area contributed by atoms with Crippen LogP contribution in [-0.2, 0) is 23.0 Å². The third-order valence-electron chi connectivity index (χ3n) is 4.62. The van der Waals surface area contributed by atoms with Gasteiger partial charge in [-0.1, -0.05) is 12.1 Å². The van der Waals surface area contributed by atoms with Gasteiger partial charge in [-0.15, -0.1) is 0 Å². The molecule has 0 saturated carbocycles. The van der Waals surface area contributed by atoms with Gasteiger partial charge in [-0.05, 0) is 51.8 Å². The van der Waals surface area contributed by atoms with Gasteiger partial charge in [-0.2, -0.15) is 4.31 Å². The predicted octanol–water partition coefficient (Wildman–Crippen LogP) is 3.69. The summed E-state index contributed by atoms with van der Waals surface area (Å²) in [5, 5.41) is 1.07. The van der Waals surface area contributed by atoms with Crippen LogP contribution in [0.2, 0.25) is 0 Å². The van der Waals surface area contributed by atoms with Gasteiger partial charge >= 0.3 is 0 Å². The molecule has 2 heterocycles. The van der Waals surface area contributed by atoms with E-state index in [4.69, 9.17) is 4.74 Å². The van der Waals surface area contributed by atoms with Gasteiger partial charge in [-0.3, -0.25) is 0 Å². The number of nitrogens with one attached hydrogen (secondary N) is 1. The molecule has 0 amide bonds. The zero-order valence-electron chi connectivity index (χ0n) is 13.6. The maximum Gasteiger partial charge on any atom is 0.243 e. The number of aromatic amines is 1. The summed E-state index contributed by atoms with van der Waals surface area (Å²) in [7, 11) is -1.97. The highest BCUT2D eigenvalue weighted by Gasteiger charge is 2.30. The van der Waals surface area contributed by atoms with Gasteiger partial charge < -0.3 is 9.72 Å². The molecular weight excluding hydrogens is 404 g/mol. The Balaban J connectivity index is 1.71. The first-order valence-corrected chi connectivity index (χ1v) is 10.2. The van der Waals surface area contributed by atoms with E-state index in [9.17, 15) is 8.42 Å². The monoisotopic (exact) mass is 420 g/mol. The molecule has 0 atom stereocenters. The highest BCUT2D eigenvalue weighted by molar-refractivity contribution is 9.10. The molecule has 0 fully saturated rings. The summed E-state index contributed by atoms with van der Waals surface area (Å²) < 4.78 is 33.6. The van der Waals surface area contributed by atoms with Crippen molar-refractivity contribution in [3.05, 3.63) is 58.2 Å². The molecule has 1 N–H and O–H groups in total. The van der Waals surface area contributed by atoms with E-state index in [2.05, 4.69) is 20.9 Å². The molecule has 0 aliphatic carbocycles. The second-order valence-corrected chi connectivity index (χ2v) is 8.80. The molecule has 1 aliphatic heterocycles. The summed E-state index contributed by atoms with van der Waals surface area (Å²) in [6.45, 7) is 0.839. The first-order valence-electron chi connectivity index (χ1n) is 7.93. The Kier molecular flexibility index (Phi) is 4.10. The van der Waals surface area contributed by atoms with Crippen molar-refractivity contribution in [2.24, 2.45) is 0 Å². The lowest BCUT2D eigenvalue weighted by Crippen LogP contribution is -2.35. The molecule has 3 aromatic rings. The van der Waals surface area contributed by atoms with Gasteiger partial charge in [0.2, 0.25) is 10.0 Å². The van der Waals surface area contributed by atoms with Crippen LogP contribution in [0, 0.1) is 0 Å². The number of ether oxygens (including phenoxy) is 1. The summed E-state index contributed by atoms with van der Waals surface area (Å²) in [4.78, 5) is 3.72. The van der Waals surface area contributed by atoms with Crippen molar-refractivity contribution in [3.63, 3.8) is 0 Å². The lowest BCUT2D eigenvalue weighted by atomic mass is 10.1. The number of aromatic nitrogens is 1. The molecule has 25 heavy (non-hydrogen) atoms. The van der Waals surface area contributed by atoms with Crippen molar-refractivity contribution in [1.29, 1.82) is 0 Å². The zero-order valence-corrected chi connectivity index (χ0v) is 16.0. The molecule has 7 heteroatoms. The SMILES string of the molecule is COc1ccc(S(=O)(=O)N2CCc3[nH]c4c(Br)cccc4c3C2)cc1. The van der Waals surface area contributed by atoms with E-state index in [1.807, 2.05) is 18.2 Å². The standard InChI is InChI=1S/C18H17BrN2O3S/c1-24-12-5-7-13(8-6-12)25(22,23)21-10-9-17-15(11-21)14-3-2-4-16(19)18(14)20-17/h2-8,20H,9-11H2,1H3. The summed E-state index contributed by atoms with van der Waals surface area (Å²) in [5.74, 6) is 0.640. The van der Waals surface area contributed by atoms with Crippen molar-refractivity contribution in [2.45, 2.75) is 17.9 Å². The van der Waals surface area contributed by atoms with Crippen molar-refractivity contribution in [2.75, 3.05) is 13.7 Å². The Morgan fingerprint density at radius 2 is 1.92 bits per heavy atom. The molecule has 0 bridgehead atoms. The molecular formula is C18H17BrN2O3S. The van der Waals surface area contributed by atoms with E-state index in [-0.39, 0.29) is 4.90 Å². The first kappa shape index (κ1) is 16.6. The summed E-state index contributed by atoms with van der Waals surface area (Å²) in [5.41, 5.74) is 3.19. The van der Waals surface area contributed by atoms with E-state index in [1.54, 1.807) is 35.7 Å². The number of H-pyrrole nitrogens is 1. The molecule has 0 unspecified atom stereocenters. The lowest BCUT2D eigenvalue weighted by Gasteiger charge is -2.26. The van der Waals surface area contributed by atoms with E-state index in [1.165, 1.54) is 0 Å². The number of sulfonamides is 1. The Bertz CT molecular complexity index is 1040. The van der Waals surface area contributed by atoms with Gasteiger partial charge in [-0.25, -0.2) is 8.42 Å². The minimum atomic E-state index is -3.53. The second-order valence-electron chi connectivity index (χ2n) is 6.01. The zero-order chi connectivity index (χ0) is 17.6. The minimum Gasteiger partial charge on any atom is -0.497 e. The van der Waals surface area contributed by atoms with Crippen LogP contribution in [0.5, 0.6) is 5.75 Å². The third kappa shape index (κ3) is 2.76. The average Bonchev–Trinajstić information content (AvgIpc) is 3.01.